The van der Waals surface area contributed by atoms with E-state index in [0.717, 1.165) is 0 Å². The van der Waals surface area contributed by atoms with Crippen molar-refractivity contribution in [2.24, 2.45) is 23.5 Å². The molecule has 3 nitrogen and oxygen atoms in total. The molecule has 0 bridgehead atoms. The quantitative estimate of drug-likeness (QED) is 0.796. The van der Waals surface area contributed by atoms with Crippen LogP contribution in [0.3, 0.4) is 0 Å². The predicted molar refractivity (Wildman–Crippen MR) is 69.5 cm³/mol. The molecule has 2 rings (SSSR count). The van der Waals surface area contributed by atoms with Crippen molar-refractivity contribution in [2.75, 3.05) is 13.6 Å². The Balaban J connectivity index is 1.96. The molecule has 3 heteroatoms. The molecule has 2 fully saturated rings. The molecular formula is C14H26N2O. The first kappa shape index (κ1) is 12.9. The molecule has 98 valence electrons. The number of nitrogens with zero attached hydrogens (tertiary/aromatic N) is 1. The molecule has 2 N–H and O–H groups in total. The molecule has 2 saturated carbocycles. The monoisotopic (exact) mass is 238 g/mol. The summed E-state index contributed by atoms with van der Waals surface area (Å²) in [4.78, 5) is 14.4. The largest absolute Gasteiger partial charge is 0.344 e. The lowest BCUT2D eigenvalue weighted by molar-refractivity contribution is -0.141. The van der Waals surface area contributed by atoms with Gasteiger partial charge in [-0.1, -0.05) is 12.8 Å². The van der Waals surface area contributed by atoms with Gasteiger partial charge in [0.25, 0.3) is 0 Å². The van der Waals surface area contributed by atoms with Crippen molar-refractivity contribution in [1.29, 1.82) is 0 Å². The molecule has 1 atom stereocenters. The fourth-order valence-electron chi connectivity index (χ4n) is 3.16. The Kier molecular flexibility index (Phi) is 4.08. The lowest BCUT2D eigenvalue weighted by atomic mass is 9.64. The number of carbonyl (C=O) groups is 1. The Morgan fingerprint density at radius 3 is 2.00 bits per heavy atom. The van der Waals surface area contributed by atoms with Gasteiger partial charge < -0.3 is 10.6 Å². The van der Waals surface area contributed by atoms with Crippen LogP contribution in [0.2, 0.25) is 0 Å². The van der Waals surface area contributed by atoms with Crippen LogP contribution in [0.1, 0.15) is 45.4 Å². The zero-order valence-electron chi connectivity index (χ0n) is 11.2. The Morgan fingerprint density at radius 2 is 1.71 bits per heavy atom. The van der Waals surface area contributed by atoms with Crippen LogP contribution < -0.4 is 5.73 Å². The highest BCUT2D eigenvalue weighted by atomic mass is 16.2. The van der Waals surface area contributed by atoms with Gasteiger partial charge in [0.1, 0.15) is 0 Å². The van der Waals surface area contributed by atoms with E-state index < -0.39 is 0 Å². The van der Waals surface area contributed by atoms with Gasteiger partial charge in [0.2, 0.25) is 5.91 Å². The first-order valence-corrected chi connectivity index (χ1v) is 7.10. The Bertz CT molecular complexity index is 255. The van der Waals surface area contributed by atoms with E-state index in [9.17, 15) is 4.79 Å². The van der Waals surface area contributed by atoms with Gasteiger partial charge in [-0.05, 0) is 44.4 Å². The fraction of sp³-hybridized carbons (Fsp3) is 0.929. The van der Waals surface area contributed by atoms with E-state index in [0.29, 0.717) is 30.2 Å². The highest BCUT2D eigenvalue weighted by molar-refractivity contribution is 5.79. The maximum absolute atomic E-state index is 12.5. The van der Waals surface area contributed by atoms with Gasteiger partial charge in [0.15, 0.2) is 0 Å². The first-order valence-electron chi connectivity index (χ1n) is 7.10. The molecule has 0 aromatic heterocycles. The molecule has 0 saturated heterocycles. The highest BCUT2D eigenvalue weighted by Crippen LogP contribution is 2.45. The van der Waals surface area contributed by atoms with Crippen LogP contribution in [0, 0.1) is 17.8 Å². The summed E-state index contributed by atoms with van der Waals surface area (Å²) in [5, 5.41) is 0. The van der Waals surface area contributed by atoms with E-state index in [1.807, 2.05) is 18.9 Å². The maximum Gasteiger partial charge on any atom is 0.226 e. The maximum atomic E-state index is 12.5. The number of hydrogen-bond acceptors (Lipinski definition) is 2. The minimum atomic E-state index is 0.0763. The summed E-state index contributed by atoms with van der Waals surface area (Å²) in [7, 11) is 1.91. The second-order valence-corrected chi connectivity index (χ2v) is 6.10. The van der Waals surface area contributed by atoms with E-state index in [2.05, 4.69) is 0 Å². The summed E-state index contributed by atoms with van der Waals surface area (Å²) in [6.45, 7) is 2.65. The van der Waals surface area contributed by atoms with Gasteiger partial charge in [-0.15, -0.1) is 0 Å². The van der Waals surface area contributed by atoms with Crippen LogP contribution >= 0.6 is 0 Å². The van der Waals surface area contributed by atoms with Crippen molar-refractivity contribution >= 4 is 5.91 Å². The molecule has 0 aromatic rings. The number of amides is 1. The van der Waals surface area contributed by atoms with Crippen molar-refractivity contribution in [3.05, 3.63) is 0 Å². The third kappa shape index (κ3) is 2.82. The van der Waals surface area contributed by atoms with Crippen molar-refractivity contribution in [3.8, 4) is 0 Å². The second-order valence-electron chi connectivity index (χ2n) is 6.10. The van der Waals surface area contributed by atoms with Gasteiger partial charge in [0, 0.05) is 25.6 Å². The standard InChI is InChI=1S/C14H26N2O/c1-10(15)9-16(2)14(17)13(11-5-3-6-11)12-7-4-8-12/h10-13H,3-9,15H2,1-2H3. The smallest absolute Gasteiger partial charge is 0.226 e. The number of hydrogen-bond donors (Lipinski definition) is 1. The number of nitrogens with two attached hydrogens (primary N) is 1. The van der Waals surface area contributed by atoms with E-state index in [1.165, 1.54) is 38.5 Å². The average Bonchev–Trinajstić information content (AvgIpc) is 2.08. The lowest BCUT2D eigenvalue weighted by Crippen LogP contribution is -2.47. The minimum Gasteiger partial charge on any atom is -0.344 e. The van der Waals surface area contributed by atoms with Crippen LogP contribution in [-0.2, 0) is 4.79 Å². The third-order valence-electron chi connectivity index (χ3n) is 4.54. The average molecular weight is 238 g/mol. The first-order chi connectivity index (χ1) is 8.09. The Hall–Kier alpha value is -0.570. The second kappa shape index (κ2) is 5.38. The van der Waals surface area contributed by atoms with Crippen molar-refractivity contribution in [3.63, 3.8) is 0 Å². The summed E-state index contributed by atoms with van der Waals surface area (Å²) in [6, 6.07) is 0.0763. The fourth-order valence-corrected chi connectivity index (χ4v) is 3.16. The molecule has 2 aliphatic rings. The topological polar surface area (TPSA) is 46.3 Å². The number of carbonyl (C=O) groups excluding carboxylic acids is 1. The predicted octanol–water partition coefficient (Wildman–Crippen LogP) is 2.01. The summed E-state index contributed by atoms with van der Waals surface area (Å²) in [6.07, 6.45) is 7.69. The molecule has 0 spiro atoms. The molecule has 0 aliphatic heterocycles. The molecular weight excluding hydrogens is 212 g/mol. The summed E-state index contributed by atoms with van der Waals surface area (Å²) in [5.74, 6) is 2.00. The van der Waals surface area contributed by atoms with Crippen molar-refractivity contribution in [1.82, 2.24) is 4.90 Å². The highest BCUT2D eigenvalue weighted by Gasteiger charge is 2.41. The van der Waals surface area contributed by atoms with Crippen LogP contribution in [0.15, 0.2) is 0 Å². The van der Waals surface area contributed by atoms with Crippen molar-refractivity contribution in [2.45, 2.75) is 51.5 Å². The molecule has 2 aliphatic carbocycles. The SMILES string of the molecule is CC(N)CN(C)C(=O)C(C1CCC1)C1CCC1. The normalized spacial score (nSPS) is 23.1. The van der Waals surface area contributed by atoms with Crippen LogP contribution in [0.5, 0.6) is 0 Å². The number of likely N-dealkylation sites (N-methyl/N-ethyl adjacent to an activating group) is 1. The van der Waals surface area contributed by atoms with Gasteiger partial charge in [-0.25, -0.2) is 0 Å². The molecule has 1 amide bonds. The van der Waals surface area contributed by atoms with E-state index in [-0.39, 0.29) is 6.04 Å². The summed E-state index contributed by atoms with van der Waals surface area (Å²) >= 11 is 0. The Labute approximate surface area is 105 Å². The van der Waals surface area contributed by atoms with E-state index >= 15 is 0 Å². The molecule has 0 aromatic carbocycles. The van der Waals surface area contributed by atoms with Crippen LogP contribution in [0.4, 0.5) is 0 Å². The van der Waals surface area contributed by atoms with Crippen LogP contribution in [-0.4, -0.2) is 30.4 Å². The number of rotatable bonds is 5. The van der Waals surface area contributed by atoms with Gasteiger partial charge in [0.05, 0.1) is 0 Å². The zero-order chi connectivity index (χ0) is 12.4. The van der Waals surface area contributed by atoms with Gasteiger partial charge >= 0.3 is 0 Å². The summed E-state index contributed by atoms with van der Waals surface area (Å²) < 4.78 is 0. The van der Waals surface area contributed by atoms with Gasteiger partial charge in [-0.2, -0.15) is 0 Å². The third-order valence-corrected chi connectivity index (χ3v) is 4.54. The molecule has 0 radical (unpaired) electrons. The minimum absolute atomic E-state index is 0.0763. The lowest BCUT2D eigenvalue weighted by Gasteiger charge is -2.43. The van der Waals surface area contributed by atoms with E-state index in [4.69, 9.17) is 5.73 Å². The molecule has 1 unspecified atom stereocenters. The summed E-state index contributed by atoms with van der Waals surface area (Å²) in [5.41, 5.74) is 5.78. The van der Waals surface area contributed by atoms with E-state index in [1.54, 1.807) is 0 Å². The molecule has 0 heterocycles. The molecule has 17 heavy (non-hydrogen) atoms. The Morgan fingerprint density at radius 1 is 1.24 bits per heavy atom. The van der Waals surface area contributed by atoms with Crippen molar-refractivity contribution < 1.29 is 4.79 Å². The van der Waals surface area contributed by atoms with Gasteiger partial charge in [-0.3, -0.25) is 4.79 Å². The zero-order valence-corrected chi connectivity index (χ0v) is 11.2. The van der Waals surface area contributed by atoms with Crippen LogP contribution in [0.25, 0.3) is 0 Å².